The lowest BCUT2D eigenvalue weighted by Crippen LogP contribution is -2.77. The number of ether oxygens (including phenoxy) is 6. The number of rotatable bonds is 15. The van der Waals surface area contributed by atoms with E-state index in [4.69, 9.17) is 28.4 Å². The van der Waals surface area contributed by atoms with Crippen LogP contribution in [0.15, 0.2) is 12.1 Å². The zero-order valence-electron chi connectivity index (χ0n) is 23.3. The average Bonchev–Trinajstić information content (AvgIpc) is 3.26. The molecule has 6 rings (SSSR count). The minimum atomic E-state index is -0.882. The minimum absolute atomic E-state index is 0.0793. The third-order valence-corrected chi connectivity index (χ3v) is 9.97. The number of likely N-dealkylation sites (tertiary alicyclic amines) is 1. The van der Waals surface area contributed by atoms with E-state index >= 15 is 0 Å². The first-order valence-corrected chi connectivity index (χ1v) is 14.9. The predicted octanol–water partition coefficient (Wildman–Crippen LogP) is 2.43. The van der Waals surface area contributed by atoms with Crippen LogP contribution >= 0.6 is 0 Å². The Hall–Kier alpha value is -1.46. The Balaban J connectivity index is 1.06. The Morgan fingerprint density at radius 2 is 1.67 bits per heavy atom. The summed E-state index contributed by atoms with van der Waals surface area (Å²) in [6, 6.07) is 3.89. The van der Waals surface area contributed by atoms with Gasteiger partial charge in [-0.2, -0.15) is 0 Å². The van der Waals surface area contributed by atoms with Crippen molar-refractivity contribution in [2.75, 3.05) is 73.1 Å². The van der Waals surface area contributed by atoms with Crippen LogP contribution in [-0.2, 0) is 35.5 Å². The fourth-order valence-corrected chi connectivity index (χ4v) is 7.92. The van der Waals surface area contributed by atoms with Crippen LogP contribution in [0.1, 0.15) is 49.7 Å². The van der Waals surface area contributed by atoms with Crippen LogP contribution in [0.2, 0.25) is 0 Å². The summed E-state index contributed by atoms with van der Waals surface area (Å²) in [5.41, 5.74) is 0.833. The summed E-state index contributed by atoms with van der Waals surface area (Å²) in [7, 11) is 1.65. The molecule has 2 heterocycles. The van der Waals surface area contributed by atoms with Crippen molar-refractivity contribution in [2.45, 2.75) is 74.2 Å². The van der Waals surface area contributed by atoms with Crippen molar-refractivity contribution in [1.82, 2.24) is 4.90 Å². The molecule has 0 radical (unpaired) electrons. The fraction of sp³-hybridized carbons (Fsp3) is 0.800. The third kappa shape index (κ3) is 4.88. The molecule has 0 amide bonds. The second-order valence-corrected chi connectivity index (χ2v) is 11.9. The van der Waals surface area contributed by atoms with Crippen molar-refractivity contribution < 1.29 is 38.6 Å². The number of methoxy groups -OCH3 is 1. The molecule has 218 valence electrons. The van der Waals surface area contributed by atoms with Crippen molar-refractivity contribution >= 4 is 0 Å². The highest BCUT2D eigenvalue weighted by Gasteiger charge is 2.73. The van der Waals surface area contributed by atoms with Gasteiger partial charge in [-0.15, -0.1) is 0 Å². The fourth-order valence-electron chi connectivity index (χ4n) is 7.92. The van der Waals surface area contributed by atoms with Crippen LogP contribution in [0.25, 0.3) is 0 Å². The van der Waals surface area contributed by atoms with Crippen molar-refractivity contribution in [3.8, 4) is 11.5 Å². The molecule has 9 nitrogen and oxygen atoms in total. The number of aromatic hydroxyl groups is 1. The Morgan fingerprint density at radius 3 is 2.36 bits per heavy atom. The molecule has 3 fully saturated rings. The number of hydrogen-bond acceptors (Lipinski definition) is 9. The molecule has 0 aromatic heterocycles. The van der Waals surface area contributed by atoms with E-state index < -0.39 is 11.0 Å². The molecule has 5 atom stereocenters. The zero-order chi connectivity index (χ0) is 26.9. The van der Waals surface area contributed by atoms with Gasteiger partial charge in [-0.1, -0.05) is 12.5 Å². The molecule has 39 heavy (non-hydrogen) atoms. The Kier molecular flexibility index (Phi) is 8.38. The predicted molar refractivity (Wildman–Crippen MR) is 143 cm³/mol. The number of phenols is 1. The largest absolute Gasteiger partial charge is 0.504 e. The first-order chi connectivity index (χ1) is 19.1. The Bertz CT molecular complexity index is 988. The van der Waals surface area contributed by atoms with Gasteiger partial charge in [0.1, 0.15) is 6.10 Å². The summed E-state index contributed by atoms with van der Waals surface area (Å²) >= 11 is 0. The van der Waals surface area contributed by atoms with Gasteiger partial charge in [0.15, 0.2) is 11.5 Å². The van der Waals surface area contributed by atoms with Crippen LogP contribution < -0.4 is 4.74 Å². The van der Waals surface area contributed by atoms with Gasteiger partial charge in [0.05, 0.1) is 70.0 Å². The highest BCUT2D eigenvalue weighted by Crippen LogP contribution is 2.65. The SMILES string of the molecule is COCCOCCOCCOCCO[C@H]1CC[C@@]2(O)[C@H]3Cc4ccc(O)c5c4[C@@]2(CCN3CC2CCC2)[C@H]1O5. The van der Waals surface area contributed by atoms with Crippen molar-refractivity contribution in [3.05, 3.63) is 23.3 Å². The van der Waals surface area contributed by atoms with Crippen LogP contribution in [0.5, 0.6) is 11.5 Å². The van der Waals surface area contributed by atoms with E-state index in [-0.39, 0.29) is 24.0 Å². The average molecular weight is 548 g/mol. The maximum absolute atomic E-state index is 12.6. The van der Waals surface area contributed by atoms with E-state index in [0.717, 1.165) is 43.8 Å². The third-order valence-electron chi connectivity index (χ3n) is 9.97. The topological polar surface area (TPSA) is 99.1 Å². The van der Waals surface area contributed by atoms with Crippen molar-refractivity contribution in [3.63, 3.8) is 0 Å². The summed E-state index contributed by atoms with van der Waals surface area (Å²) in [5.74, 6) is 1.49. The maximum Gasteiger partial charge on any atom is 0.165 e. The molecule has 2 saturated carbocycles. The monoisotopic (exact) mass is 547 g/mol. The summed E-state index contributed by atoms with van der Waals surface area (Å²) in [4.78, 5) is 2.57. The van der Waals surface area contributed by atoms with E-state index in [1.807, 2.05) is 6.07 Å². The minimum Gasteiger partial charge on any atom is -0.504 e. The van der Waals surface area contributed by atoms with E-state index in [2.05, 4.69) is 4.90 Å². The van der Waals surface area contributed by atoms with E-state index in [0.29, 0.717) is 65.0 Å². The maximum atomic E-state index is 12.6. The molecule has 9 heteroatoms. The smallest absolute Gasteiger partial charge is 0.165 e. The molecule has 1 spiro atoms. The molecule has 2 N–H and O–H groups in total. The number of nitrogens with zero attached hydrogens (tertiary/aromatic N) is 1. The van der Waals surface area contributed by atoms with Gasteiger partial charge in [0, 0.05) is 25.3 Å². The highest BCUT2D eigenvalue weighted by atomic mass is 16.6. The van der Waals surface area contributed by atoms with Crippen molar-refractivity contribution in [2.24, 2.45) is 5.92 Å². The lowest BCUT2D eigenvalue weighted by molar-refractivity contribution is -0.218. The van der Waals surface area contributed by atoms with E-state index in [1.54, 1.807) is 13.2 Å². The van der Waals surface area contributed by atoms with Crippen LogP contribution in [0.3, 0.4) is 0 Å². The Labute approximate surface area is 231 Å². The quantitative estimate of drug-likeness (QED) is 0.321. The second-order valence-electron chi connectivity index (χ2n) is 11.9. The standard InChI is InChI=1S/C30H45NO8/c1-34-11-12-35-13-14-36-15-16-37-17-18-38-24-7-8-30(33)25-19-22-5-6-23(32)27-26(22)29(30,28(24)39-27)9-10-31(25)20-21-3-2-4-21/h5-6,21,24-25,28,32-33H,2-4,7-20H2,1H3/t24-,25+,28-,29-,30+/m0/s1. The summed E-state index contributed by atoms with van der Waals surface area (Å²) in [6.45, 7) is 6.19. The van der Waals surface area contributed by atoms with E-state index in [1.165, 1.54) is 24.8 Å². The number of aliphatic hydroxyl groups is 1. The summed E-state index contributed by atoms with van der Waals surface area (Å²) in [6.07, 6.45) is 6.51. The lowest BCUT2D eigenvalue weighted by Gasteiger charge is -2.64. The van der Waals surface area contributed by atoms with Gasteiger partial charge >= 0.3 is 0 Å². The zero-order valence-corrected chi connectivity index (χ0v) is 23.3. The summed E-state index contributed by atoms with van der Waals surface area (Å²) in [5, 5.41) is 23.3. The molecule has 1 aromatic rings. The second kappa shape index (κ2) is 11.8. The first-order valence-electron chi connectivity index (χ1n) is 14.9. The number of phenolic OH excluding ortho intramolecular Hbond substituents is 1. The molecule has 3 aliphatic carbocycles. The molecule has 2 aliphatic heterocycles. The molecule has 1 aromatic carbocycles. The molecular formula is C30H45NO8. The summed E-state index contributed by atoms with van der Waals surface area (Å²) < 4.78 is 34.5. The van der Waals surface area contributed by atoms with E-state index in [9.17, 15) is 10.2 Å². The van der Waals surface area contributed by atoms with Crippen LogP contribution in [-0.4, -0.2) is 112 Å². The highest BCUT2D eigenvalue weighted by molar-refractivity contribution is 5.62. The number of hydrogen-bond donors (Lipinski definition) is 2. The molecular weight excluding hydrogens is 502 g/mol. The van der Waals surface area contributed by atoms with Crippen LogP contribution in [0, 0.1) is 5.92 Å². The van der Waals surface area contributed by atoms with Gasteiger partial charge in [-0.25, -0.2) is 0 Å². The lowest BCUT2D eigenvalue weighted by atomic mass is 9.48. The normalized spacial score (nSPS) is 33.0. The molecule has 0 unspecified atom stereocenters. The van der Waals surface area contributed by atoms with Gasteiger partial charge < -0.3 is 38.6 Å². The molecule has 1 saturated heterocycles. The molecule has 5 aliphatic rings. The number of benzene rings is 1. The Morgan fingerprint density at radius 1 is 0.949 bits per heavy atom. The molecule has 2 bridgehead atoms. The van der Waals surface area contributed by atoms with Crippen LogP contribution in [0.4, 0.5) is 0 Å². The van der Waals surface area contributed by atoms with Gasteiger partial charge in [-0.05, 0) is 62.6 Å². The first kappa shape index (κ1) is 27.7. The number of piperidine rings is 1. The van der Waals surface area contributed by atoms with Crippen molar-refractivity contribution in [1.29, 1.82) is 0 Å². The van der Waals surface area contributed by atoms with Gasteiger partial charge in [0.25, 0.3) is 0 Å². The van der Waals surface area contributed by atoms with Gasteiger partial charge in [-0.3, -0.25) is 4.90 Å². The van der Waals surface area contributed by atoms with Gasteiger partial charge in [0.2, 0.25) is 0 Å².